The molecule has 0 radical (unpaired) electrons. The van der Waals surface area contributed by atoms with Gasteiger partial charge in [-0.3, -0.25) is 4.79 Å². The van der Waals surface area contributed by atoms with Crippen molar-refractivity contribution in [2.45, 2.75) is 6.92 Å². The lowest BCUT2D eigenvalue weighted by Gasteiger charge is -2.11. The van der Waals surface area contributed by atoms with E-state index in [1.165, 1.54) is 0 Å². The Bertz CT molecular complexity index is 942. The average molecular weight is 362 g/mol. The molecule has 0 aliphatic carbocycles. The number of esters is 1. The van der Waals surface area contributed by atoms with Crippen LogP contribution in [0.25, 0.3) is 0 Å². The summed E-state index contributed by atoms with van der Waals surface area (Å²) in [5, 5.41) is 2.75. The number of nitrogens with zero attached hydrogens (tertiary/aromatic N) is 1. The van der Waals surface area contributed by atoms with Gasteiger partial charge in [0.1, 0.15) is 5.75 Å². The van der Waals surface area contributed by atoms with Crippen molar-refractivity contribution in [3.8, 4) is 11.6 Å². The van der Waals surface area contributed by atoms with E-state index in [1.54, 1.807) is 73.8 Å². The van der Waals surface area contributed by atoms with Crippen LogP contribution in [0.2, 0.25) is 0 Å². The average Bonchev–Trinajstić information content (AvgIpc) is 2.69. The third-order valence-corrected chi connectivity index (χ3v) is 3.63. The van der Waals surface area contributed by atoms with Crippen LogP contribution in [0.5, 0.6) is 11.6 Å². The second kappa shape index (κ2) is 8.62. The molecule has 136 valence electrons. The van der Waals surface area contributed by atoms with Crippen molar-refractivity contribution < 1.29 is 19.1 Å². The number of nitrogens with one attached hydrogen (secondary N) is 1. The number of aromatic nitrogens is 1. The van der Waals surface area contributed by atoms with Crippen molar-refractivity contribution in [1.82, 2.24) is 4.98 Å². The number of anilines is 1. The lowest BCUT2D eigenvalue weighted by Crippen LogP contribution is -2.15. The molecule has 0 saturated carbocycles. The molecule has 6 heteroatoms. The van der Waals surface area contributed by atoms with Crippen molar-refractivity contribution in [3.05, 3.63) is 84.1 Å². The minimum absolute atomic E-state index is 0.258. The molecule has 0 atom stereocenters. The van der Waals surface area contributed by atoms with Gasteiger partial charge in [-0.1, -0.05) is 24.3 Å². The first kappa shape index (κ1) is 18.1. The summed E-state index contributed by atoms with van der Waals surface area (Å²) in [6.07, 6.45) is 1.62. The molecule has 0 aliphatic rings. The van der Waals surface area contributed by atoms with Crippen LogP contribution in [0.3, 0.4) is 0 Å². The van der Waals surface area contributed by atoms with Gasteiger partial charge in [-0.2, -0.15) is 0 Å². The summed E-state index contributed by atoms with van der Waals surface area (Å²) in [6, 6.07) is 18.7. The minimum atomic E-state index is -0.486. The predicted octanol–water partition coefficient (Wildman–Crippen LogP) is 4.30. The molecule has 0 saturated heterocycles. The fourth-order valence-corrected chi connectivity index (χ4v) is 2.40. The Morgan fingerprint density at radius 3 is 2.59 bits per heavy atom. The second-order valence-electron chi connectivity index (χ2n) is 5.52. The summed E-state index contributed by atoms with van der Waals surface area (Å²) in [4.78, 5) is 28.7. The molecule has 1 heterocycles. The first-order valence-electron chi connectivity index (χ1n) is 8.44. The third kappa shape index (κ3) is 4.70. The van der Waals surface area contributed by atoms with Crippen molar-refractivity contribution in [2.75, 3.05) is 11.9 Å². The highest BCUT2D eigenvalue weighted by Gasteiger charge is 2.15. The number of rotatable bonds is 6. The smallest absolute Gasteiger partial charge is 0.340 e. The summed E-state index contributed by atoms with van der Waals surface area (Å²) in [5.74, 6) is 0.0709. The molecular formula is C21H18N2O4. The van der Waals surface area contributed by atoms with Gasteiger partial charge in [-0.05, 0) is 43.3 Å². The van der Waals surface area contributed by atoms with Gasteiger partial charge < -0.3 is 14.8 Å². The Morgan fingerprint density at radius 1 is 1.00 bits per heavy atom. The van der Waals surface area contributed by atoms with Gasteiger partial charge in [-0.15, -0.1) is 0 Å². The fourth-order valence-electron chi connectivity index (χ4n) is 2.40. The molecule has 27 heavy (non-hydrogen) atoms. The maximum Gasteiger partial charge on any atom is 0.340 e. The molecule has 0 fully saturated rings. The van der Waals surface area contributed by atoms with Crippen LogP contribution < -0.4 is 10.1 Å². The number of hydrogen-bond donors (Lipinski definition) is 1. The van der Waals surface area contributed by atoms with Gasteiger partial charge in [0.05, 0.1) is 17.9 Å². The summed E-state index contributed by atoms with van der Waals surface area (Å²) in [5.41, 5.74) is 1.08. The van der Waals surface area contributed by atoms with Crippen molar-refractivity contribution in [1.29, 1.82) is 0 Å². The number of benzene rings is 2. The SMILES string of the molecule is CCOC(=O)c1ccccc1NC(=O)c1cccc(Oc2ccccn2)c1. The number of para-hydroxylation sites is 1. The van der Waals surface area contributed by atoms with Crippen LogP contribution in [-0.4, -0.2) is 23.5 Å². The van der Waals surface area contributed by atoms with Crippen molar-refractivity contribution in [3.63, 3.8) is 0 Å². The molecule has 2 aromatic carbocycles. The van der Waals surface area contributed by atoms with Gasteiger partial charge >= 0.3 is 5.97 Å². The van der Waals surface area contributed by atoms with Crippen LogP contribution >= 0.6 is 0 Å². The number of carbonyl (C=O) groups is 2. The van der Waals surface area contributed by atoms with Crippen LogP contribution in [0, 0.1) is 0 Å². The van der Waals surface area contributed by atoms with E-state index >= 15 is 0 Å². The lowest BCUT2D eigenvalue weighted by molar-refractivity contribution is 0.0527. The highest BCUT2D eigenvalue weighted by atomic mass is 16.5. The van der Waals surface area contributed by atoms with Crippen molar-refractivity contribution >= 4 is 17.6 Å². The zero-order chi connectivity index (χ0) is 19.1. The molecule has 0 spiro atoms. The Morgan fingerprint density at radius 2 is 1.81 bits per heavy atom. The van der Waals surface area contributed by atoms with Crippen LogP contribution in [0.4, 0.5) is 5.69 Å². The third-order valence-electron chi connectivity index (χ3n) is 3.63. The summed E-state index contributed by atoms with van der Waals surface area (Å²) in [6.45, 7) is 1.99. The van der Waals surface area contributed by atoms with Gasteiger partial charge in [0.2, 0.25) is 5.88 Å². The van der Waals surface area contributed by atoms with E-state index in [0.717, 1.165) is 0 Å². The maximum atomic E-state index is 12.6. The minimum Gasteiger partial charge on any atom is -0.462 e. The second-order valence-corrected chi connectivity index (χ2v) is 5.52. The number of hydrogen-bond acceptors (Lipinski definition) is 5. The van der Waals surface area contributed by atoms with E-state index in [-0.39, 0.29) is 12.5 Å². The largest absolute Gasteiger partial charge is 0.462 e. The lowest BCUT2D eigenvalue weighted by atomic mass is 10.1. The normalized spacial score (nSPS) is 10.1. The molecule has 0 bridgehead atoms. The zero-order valence-corrected chi connectivity index (χ0v) is 14.7. The van der Waals surface area contributed by atoms with Crippen LogP contribution in [-0.2, 0) is 4.74 Å². The Balaban J connectivity index is 1.77. The molecule has 1 aromatic heterocycles. The molecule has 1 N–H and O–H groups in total. The van der Waals surface area contributed by atoms with E-state index in [2.05, 4.69) is 10.3 Å². The Hall–Kier alpha value is -3.67. The number of ether oxygens (including phenoxy) is 2. The molecule has 0 unspecified atom stereocenters. The van der Waals surface area contributed by atoms with Crippen LogP contribution in [0.15, 0.2) is 72.9 Å². The van der Waals surface area contributed by atoms with Gasteiger partial charge in [0.25, 0.3) is 5.91 Å². The standard InChI is InChI=1S/C21H18N2O4/c1-2-26-21(25)17-10-3-4-11-18(17)23-20(24)15-8-7-9-16(14-15)27-19-12-5-6-13-22-19/h3-14H,2H2,1H3,(H,23,24). The van der Waals surface area contributed by atoms with E-state index in [1.807, 2.05) is 6.07 Å². The fraction of sp³-hybridized carbons (Fsp3) is 0.0952. The first-order chi connectivity index (χ1) is 13.2. The predicted molar refractivity (Wildman–Crippen MR) is 101 cm³/mol. The summed E-state index contributed by atoms with van der Waals surface area (Å²) < 4.78 is 10.7. The van der Waals surface area contributed by atoms with E-state index in [0.29, 0.717) is 28.4 Å². The number of amides is 1. The van der Waals surface area contributed by atoms with Crippen LogP contribution in [0.1, 0.15) is 27.6 Å². The first-order valence-corrected chi connectivity index (χ1v) is 8.44. The topological polar surface area (TPSA) is 77.5 Å². The molecule has 6 nitrogen and oxygen atoms in total. The highest BCUT2D eigenvalue weighted by molar-refractivity contribution is 6.08. The van der Waals surface area contributed by atoms with Gasteiger partial charge in [0.15, 0.2) is 0 Å². The monoisotopic (exact) mass is 362 g/mol. The highest BCUT2D eigenvalue weighted by Crippen LogP contribution is 2.22. The van der Waals surface area contributed by atoms with Gasteiger partial charge in [-0.25, -0.2) is 9.78 Å². The van der Waals surface area contributed by atoms with Crippen molar-refractivity contribution in [2.24, 2.45) is 0 Å². The molecule has 3 aromatic rings. The Labute approximate surface area is 156 Å². The summed E-state index contributed by atoms with van der Waals surface area (Å²) >= 11 is 0. The molecule has 1 amide bonds. The Kier molecular flexibility index (Phi) is 5.79. The quantitative estimate of drug-likeness (QED) is 0.662. The maximum absolute atomic E-state index is 12.6. The van der Waals surface area contributed by atoms with Gasteiger partial charge in [0, 0.05) is 17.8 Å². The van der Waals surface area contributed by atoms with E-state index in [4.69, 9.17) is 9.47 Å². The van der Waals surface area contributed by atoms with E-state index in [9.17, 15) is 9.59 Å². The molecule has 3 rings (SSSR count). The van der Waals surface area contributed by atoms with E-state index < -0.39 is 5.97 Å². The molecule has 0 aliphatic heterocycles. The molecular weight excluding hydrogens is 344 g/mol. The number of pyridine rings is 1. The zero-order valence-electron chi connectivity index (χ0n) is 14.7. The number of carbonyl (C=O) groups excluding carboxylic acids is 2. The summed E-state index contributed by atoms with van der Waals surface area (Å²) in [7, 11) is 0.